The molecule has 108 valence electrons. The van der Waals surface area contributed by atoms with Crippen molar-refractivity contribution in [3.05, 3.63) is 34.3 Å². The van der Waals surface area contributed by atoms with E-state index in [9.17, 15) is 9.59 Å². The number of nitrogens with zero attached hydrogens (tertiary/aromatic N) is 1. The Morgan fingerprint density at radius 1 is 1.45 bits per heavy atom. The number of fused-ring (bicyclic) bond motifs is 1. The normalized spacial score (nSPS) is 15.4. The average Bonchev–Trinajstić information content (AvgIpc) is 2.68. The van der Waals surface area contributed by atoms with Gasteiger partial charge in [-0.15, -0.1) is 0 Å². The maximum atomic E-state index is 12.5. The number of benzene rings is 1. The minimum Gasteiger partial charge on any atom is -0.464 e. The molecule has 0 radical (unpaired) electrons. The van der Waals surface area contributed by atoms with E-state index in [1.807, 2.05) is 26.0 Å². The van der Waals surface area contributed by atoms with Crippen molar-refractivity contribution in [2.24, 2.45) is 5.92 Å². The van der Waals surface area contributed by atoms with E-state index < -0.39 is 6.04 Å². The summed E-state index contributed by atoms with van der Waals surface area (Å²) < 4.78 is 5.09. The second kappa shape index (κ2) is 5.83. The predicted octanol–water partition coefficient (Wildman–Crippen LogP) is 2.88. The van der Waals surface area contributed by atoms with Gasteiger partial charge in [0.2, 0.25) is 0 Å². The third-order valence-corrected chi connectivity index (χ3v) is 3.73. The van der Waals surface area contributed by atoms with Crippen molar-refractivity contribution >= 4 is 23.5 Å². The molecular weight excluding hydrogens is 278 g/mol. The van der Waals surface area contributed by atoms with E-state index in [1.165, 1.54) is 0 Å². The summed E-state index contributed by atoms with van der Waals surface area (Å²) in [5.74, 6) is -0.580. The summed E-state index contributed by atoms with van der Waals surface area (Å²) in [5.41, 5.74) is 1.36. The van der Waals surface area contributed by atoms with E-state index in [1.54, 1.807) is 17.9 Å². The number of esters is 1. The van der Waals surface area contributed by atoms with E-state index >= 15 is 0 Å². The van der Waals surface area contributed by atoms with Crippen LogP contribution in [0.2, 0.25) is 5.02 Å². The Hall–Kier alpha value is -1.55. The lowest BCUT2D eigenvalue weighted by molar-refractivity contribution is -0.150. The van der Waals surface area contributed by atoms with Gasteiger partial charge in [0.05, 0.1) is 17.2 Å². The zero-order valence-corrected chi connectivity index (χ0v) is 12.6. The minimum absolute atomic E-state index is 0.0221. The van der Waals surface area contributed by atoms with Crippen LogP contribution in [0.15, 0.2) is 18.2 Å². The Bertz CT molecular complexity index is 542. The van der Waals surface area contributed by atoms with Crippen LogP contribution in [-0.2, 0) is 16.1 Å². The van der Waals surface area contributed by atoms with Gasteiger partial charge in [-0.2, -0.15) is 0 Å². The molecule has 0 N–H and O–H groups in total. The van der Waals surface area contributed by atoms with Crippen molar-refractivity contribution in [2.75, 3.05) is 6.61 Å². The van der Waals surface area contributed by atoms with Crippen molar-refractivity contribution in [3.63, 3.8) is 0 Å². The molecule has 4 nitrogen and oxygen atoms in total. The summed E-state index contributed by atoms with van der Waals surface area (Å²) in [6.45, 7) is 6.26. The third kappa shape index (κ3) is 2.52. The highest BCUT2D eigenvalue weighted by molar-refractivity contribution is 6.34. The van der Waals surface area contributed by atoms with Crippen LogP contribution < -0.4 is 0 Å². The lowest BCUT2D eigenvalue weighted by Crippen LogP contribution is -2.45. The maximum absolute atomic E-state index is 12.5. The van der Waals surface area contributed by atoms with E-state index in [2.05, 4.69) is 0 Å². The topological polar surface area (TPSA) is 46.6 Å². The molecule has 1 heterocycles. The van der Waals surface area contributed by atoms with E-state index in [-0.39, 0.29) is 17.8 Å². The third-order valence-electron chi connectivity index (χ3n) is 3.41. The molecule has 1 aromatic rings. The Kier molecular flexibility index (Phi) is 4.33. The van der Waals surface area contributed by atoms with Gasteiger partial charge in [0.25, 0.3) is 5.91 Å². The number of ether oxygens (including phenoxy) is 1. The molecule has 1 aromatic carbocycles. The molecule has 0 bridgehead atoms. The molecule has 0 unspecified atom stereocenters. The van der Waals surface area contributed by atoms with Crippen molar-refractivity contribution in [3.8, 4) is 0 Å². The molecule has 2 rings (SSSR count). The van der Waals surface area contributed by atoms with Gasteiger partial charge in [-0.1, -0.05) is 37.6 Å². The summed E-state index contributed by atoms with van der Waals surface area (Å²) >= 11 is 6.09. The second-order valence-electron chi connectivity index (χ2n) is 5.15. The van der Waals surface area contributed by atoms with Gasteiger partial charge in [0.15, 0.2) is 0 Å². The fourth-order valence-corrected chi connectivity index (χ4v) is 2.83. The van der Waals surface area contributed by atoms with Crippen LogP contribution in [0.3, 0.4) is 0 Å². The first-order valence-corrected chi connectivity index (χ1v) is 7.10. The van der Waals surface area contributed by atoms with Crippen molar-refractivity contribution in [2.45, 2.75) is 33.4 Å². The molecule has 20 heavy (non-hydrogen) atoms. The van der Waals surface area contributed by atoms with Gasteiger partial charge in [-0.25, -0.2) is 4.79 Å². The second-order valence-corrected chi connectivity index (χ2v) is 5.56. The van der Waals surface area contributed by atoms with Gasteiger partial charge in [-0.3, -0.25) is 4.79 Å². The molecule has 0 aromatic heterocycles. The molecule has 0 saturated heterocycles. The number of carbonyl (C=O) groups excluding carboxylic acids is 2. The predicted molar refractivity (Wildman–Crippen MR) is 76.6 cm³/mol. The van der Waals surface area contributed by atoms with Crippen molar-refractivity contribution in [1.82, 2.24) is 4.90 Å². The van der Waals surface area contributed by atoms with E-state index in [0.717, 1.165) is 5.56 Å². The van der Waals surface area contributed by atoms with Gasteiger partial charge in [0.1, 0.15) is 6.04 Å². The smallest absolute Gasteiger partial charge is 0.329 e. The van der Waals surface area contributed by atoms with Gasteiger partial charge < -0.3 is 9.64 Å². The van der Waals surface area contributed by atoms with Crippen LogP contribution >= 0.6 is 11.6 Å². The summed E-state index contributed by atoms with van der Waals surface area (Å²) in [4.78, 5) is 26.2. The zero-order valence-electron chi connectivity index (χ0n) is 11.9. The fraction of sp³-hybridized carbons (Fsp3) is 0.467. The van der Waals surface area contributed by atoms with Crippen LogP contribution in [0.1, 0.15) is 36.7 Å². The highest BCUT2D eigenvalue weighted by Crippen LogP contribution is 2.32. The van der Waals surface area contributed by atoms with Crippen molar-refractivity contribution in [1.29, 1.82) is 0 Å². The summed E-state index contributed by atoms with van der Waals surface area (Å²) in [7, 11) is 0. The molecule has 1 aliphatic rings. The maximum Gasteiger partial charge on any atom is 0.329 e. The highest BCUT2D eigenvalue weighted by Gasteiger charge is 2.39. The SMILES string of the molecule is CCOC(=O)[C@@H](C(C)C)N1Cc2cccc(Cl)c2C1=O. The number of amides is 1. The van der Waals surface area contributed by atoms with Gasteiger partial charge in [-0.05, 0) is 24.5 Å². The van der Waals surface area contributed by atoms with Crippen LogP contribution in [0.4, 0.5) is 0 Å². The molecule has 1 amide bonds. The quantitative estimate of drug-likeness (QED) is 0.803. The van der Waals surface area contributed by atoms with Crippen LogP contribution in [0, 0.1) is 5.92 Å². The fourth-order valence-electron chi connectivity index (χ4n) is 2.55. The van der Waals surface area contributed by atoms with Crippen molar-refractivity contribution < 1.29 is 14.3 Å². The Labute approximate surface area is 123 Å². The largest absolute Gasteiger partial charge is 0.464 e. The molecule has 1 atom stereocenters. The summed E-state index contributed by atoms with van der Waals surface area (Å²) in [5, 5.41) is 0.432. The number of carbonyl (C=O) groups is 2. The Morgan fingerprint density at radius 3 is 2.70 bits per heavy atom. The highest BCUT2D eigenvalue weighted by atomic mass is 35.5. The summed E-state index contributed by atoms with van der Waals surface area (Å²) in [6.07, 6.45) is 0. The molecule has 0 aliphatic carbocycles. The monoisotopic (exact) mass is 295 g/mol. The number of rotatable bonds is 4. The van der Waals surface area contributed by atoms with Crippen LogP contribution in [0.5, 0.6) is 0 Å². The lowest BCUT2D eigenvalue weighted by atomic mass is 10.0. The minimum atomic E-state index is -0.578. The van der Waals surface area contributed by atoms with E-state index in [4.69, 9.17) is 16.3 Å². The standard InChI is InChI=1S/C15H18ClNO3/c1-4-20-15(19)13(9(2)3)17-8-10-6-5-7-11(16)12(10)14(17)18/h5-7,9,13H,4,8H2,1-3H3/t13-/m1/s1. The number of halogens is 1. The molecule has 0 fully saturated rings. The zero-order chi connectivity index (χ0) is 14.9. The first kappa shape index (κ1) is 14.9. The van der Waals surface area contributed by atoms with Gasteiger partial charge in [0, 0.05) is 6.54 Å². The Morgan fingerprint density at radius 2 is 2.15 bits per heavy atom. The molecule has 0 spiro atoms. The number of hydrogen-bond donors (Lipinski definition) is 0. The molecule has 5 heteroatoms. The molecule has 1 aliphatic heterocycles. The first-order chi connectivity index (χ1) is 9.47. The van der Waals surface area contributed by atoms with Gasteiger partial charge >= 0.3 is 5.97 Å². The lowest BCUT2D eigenvalue weighted by Gasteiger charge is -2.28. The van der Waals surface area contributed by atoms with E-state index in [0.29, 0.717) is 23.7 Å². The molecule has 0 saturated carbocycles. The number of hydrogen-bond acceptors (Lipinski definition) is 3. The van der Waals surface area contributed by atoms with Crippen LogP contribution in [-0.4, -0.2) is 29.4 Å². The Balaban J connectivity index is 2.33. The van der Waals surface area contributed by atoms with Crippen LogP contribution in [0.25, 0.3) is 0 Å². The molecular formula is C15H18ClNO3. The summed E-state index contributed by atoms with van der Waals surface area (Å²) in [6, 6.07) is 4.79. The first-order valence-electron chi connectivity index (χ1n) is 6.72. The average molecular weight is 296 g/mol.